The number of nitrogens with two attached hydrogens (primary N) is 1. The van der Waals surface area contributed by atoms with Gasteiger partial charge >= 0.3 is 0 Å². The Morgan fingerprint density at radius 3 is 2.79 bits per heavy atom. The summed E-state index contributed by atoms with van der Waals surface area (Å²) in [6.45, 7) is 7.51. The van der Waals surface area contributed by atoms with Crippen LogP contribution in [0.1, 0.15) is 45.3 Å². The lowest BCUT2D eigenvalue weighted by molar-refractivity contribution is 0.472. The first-order valence-electron chi connectivity index (χ1n) is 5.42. The number of hydrogen-bond acceptors (Lipinski definition) is 2. The maximum atomic E-state index is 6.09. The van der Waals surface area contributed by atoms with Crippen LogP contribution in [0.2, 0.25) is 0 Å². The van der Waals surface area contributed by atoms with Crippen LogP contribution in [0.25, 0.3) is 0 Å². The maximum Gasteiger partial charge on any atom is 0.0948 e. The van der Waals surface area contributed by atoms with Gasteiger partial charge in [-0.2, -0.15) is 0 Å². The fraction of sp³-hybridized carbons (Fsp3) is 0.727. The van der Waals surface area contributed by atoms with Crippen LogP contribution in [0.5, 0.6) is 0 Å². The summed E-state index contributed by atoms with van der Waals surface area (Å²) in [5.41, 5.74) is 7.25. The molecule has 3 heteroatoms. The molecule has 0 bridgehead atoms. The molecule has 0 fully saturated rings. The summed E-state index contributed by atoms with van der Waals surface area (Å²) in [7, 11) is 0. The molecule has 0 aliphatic rings. The van der Waals surface area contributed by atoms with E-state index in [2.05, 4.69) is 30.3 Å². The van der Waals surface area contributed by atoms with E-state index in [1.54, 1.807) is 0 Å². The van der Waals surface area contributed by atoms with Gasteiger partial charge in [-0.25, -0.2) is 4.98 Å². The zero-order valence-corrected chi connectivity index (χ0v) is 9.40. The number of hydrogen-bond donors (Lipinski definition) is 1. The van der Waals surface area contributed by atoms with Gasteiger partial charge in [-0.1, -0.05) is 27.2 Å². The van der Waals surface area contributed by atoms with Gasteiger partial charge in [0.15, 0.2) is 0 Å². The standard InChI is InChI=1S/C11H21N3/c1-4-5-6-14-8-13-7-10(14)11(12)9(2)3/h7-9,11H,4-6,12H2,1-3H3. The molecule has 1 aromatic heterocycles. The second-order valence-electron chi connectivity index (χ2n) is 4.14. The molecule has 0 radical (unpaired) electrons. The van der Waals surface area contributed by atoms with Crippen molar-refractivity contribution >= 4 is 0 Å². The summed E-state index contributed by atoms with van der Waals surface area (Å²) in [6.07, 6.45) is 6.16. The highest BCUT2D eigenvalue weighted by molar-refractivity contribution is 5.05. The molecule has 0 aliphatic carbocycles. The highest BCUT2D eigenvalue weighted by Crippen LogP contribution is 2.18. The Kier molecular flexibility index (Phi) is 4.14. The summed E-state index contributed by atoms with van der Waals surface area (Å²) in [5, 5.41) is 0. The molecule has 14 heavy (non-hydrogen) atoms. The molecule has 0 spiro atoms. The minimum absolute atomic E-state index is 0.106. The van der Waals surface area contributed by atoms with Crippen molar-refractivity contribution in [3.63, 3.8) is 0 Å². The first-order valence-corrected chi connectivity index (χ1v) is 5.42. The molecule has 1 aromatic rings. The fourth-order valence-electron chi connectivity index (χ4n) is 1.47. The summed E-state index contributed by atoms with van der Waals surface area (Å²) < 4.78 is 2.17. The Morgan fingerprint density at radius 2 is 2.21 bits per heavy atom. The van der Waals surface area contributed by atoms with Crippen LogP contribution in [-0.2, 0) is 6.54 Å². The normalized spacial score (nSPS) is 13.5. The van der Waals surface area contributed by atoms with E-state index in [9.17, 15) is 0 Å². The number of aryl methyl sites for hydroxylation is 1. The van der Waals surface area contributed by atoms with Crippen molar-refractivity contribution in [3.8, 4) is 0 Å². The molecule has 3 nitrogen and oxygen atoms in total. The van der Waals surface area contributed by atoms with Gasteiger partial charge in [-0.15, -0.1) is 0 Å². The average molecular weight is 195 g/mol. The number of aromatic nitrogens is 2. The summed E-state index contributed by atoms with van der Waals surface area (Å²) in [6, 6.07) is 0.106. The van der Waals surface area contributed by atoms with Crippen molar-refractivity contribution in [2.45, 2.75) is 46.2 Å². The van der Waals surface area contributed by atoms with Gasteiger partial charge in [0.2, 0.25) is 0 Å². The Bertz CT molecular complexity index is 265. The first-order chi connectivity index (χ1) is 6.66. The van der Waals surface area contributed by atoms with Gasteiger partial charge in [0, 0.05) is 18.8 Å². The van der Waals surface area contributed by atoms with E-state index in [4.69, 9.17) is 5.73 Å². The van der Waals surface area contributed by atoms with E-state index in [1.165, 1.54) is 12.8 Å². The van der Waals surface area contributed by atoms with E-state index in [1.807, 2.05) is 12.5 Å². The molecule has 0 saturated carbocycles. The predicted molar refractivity (Wildman–Crippen MR) is 58.9 cm³/mol. The van der Waals surface area contributed by atoms with Crippen LogP contribution in [-0.4, -0.2) is 9.55 Å². The molecule has 1 rings (SSSR count). The second-order valence-corrected chi connectivity index (χ2v) is 4.14. The number of imidazole rings is 1. The van der Waals surface area contributed by atoms with Crippen LogP contribution < -0.4 is 5.73 Å². The molecular formula is C11H21N3. The van der Waals surface area contributed by atoms with Crippen LogP contribution in [0.4, 0.5) is 0 Å². The molecular weight excluding hydrogens is 174 g/mol. The molecule has 80 valence electrons. The van der Waals surface area contributed by atoms with Crippen molar-refractivity contribution < 1.29 is 0 Å². The van der Waals surface area contributed by atoms with E-state index in [-0.39, 0.29) is 6.04 Å². The highest BCUT2D eigenvalue weighted by Gasteiger charge is 2.14. The van der Waals surface area contributed by atoms with E-state index in [0.717, 1.165) is 12.2 Å². The van der Waals surface area contributed by atoms with Gasteiger partial charge in [0.25, 0.3) is 0 Å². The fourth-order valence-corrected chi connectivity index (χ4v) is 1.47. The molecule has 0 aromatic carbocycles. The third-order valence-electron chi connectivity index (χ3n) is 2.56. The smallest absolute Gasteiger partial charge is 0.0948 e. The van der Waals surface area contributed by atoms with Gasteiger partial charge < -0.3 is 10.3 Å². The molecule has 1 atom stereocenters. The van der Waals surface area contributed by atoms with Crippen molar-refractivity contribution in [2.24, 2.45) is 11.7 Å². The summed E-state index contributed by atoms with van der Waals surface area (Å²) in [4.78, 5) is 4.16. The third-order valence-corrected chi connectivity index (χ3v) is 2.56. The van der Waals surface area contributed by atoms with Crippen molar-refractivity contribution in [2.75, 3.05) is 0 Å². The summed E-state index contributed by atoms with van der Waals surface area (Å²) in [5.74, 6) is 0.465. The molecule has 1 unspecified atom stereocenters. The number of unbranched alkanes of at least 4 members (excludes halogenated alkanes) is 1. The molecule has 0 aliphatic heterocycles. The first kappa shape index (κ1) is 11.2. The Hall–Kier alpha value is -0.830. The van der Waals surface area contributed by atoms with Crippen LogP contribution in [0.3, 0.4) is 0 Å². The Balaban J connectivity index is 2.71. The molecule has 0 saturated heterocycles. The number of rotatable bonds is 5. The lowest BCUT2D eigenvalue weighted by Crippen LogP contribution is -2.20. The molecule has 1 heterocycles. The largest absolute Gasteiger partial charge is 0.333 e. The topological polar surface area (TPSA) is 43.8 Å². The Labute approximate surface area is 86.3 Å². The SMILES string of the molecule is CCCCn1cncc1C(N)C(C)C. The Morgan fingerprint density at radius 1 is 1.50 bits per heavy atom. The van der Waals surface area contributed by atoms with Gasteiger partial charge in [0.05, 0.1) is 12.0 Å². The zero-order chi connectivity index (χ0) is 10.6. The molecule has 0 amide bonds. The minimum Gasteiger partial charge on any atom is -0.333 e. The lowest BCUT2D eigenvalue weighted by Gasteiger charge is -2.17. The third kappa shape index (κ3) is 2.58. The summed E-state index contributed by atoms with van der Waals surface area (Å²) >= 11 is 0. The average Bonchev–Trinajstić information content (AvgIpc) is 2.61. The van der Waals surface area contributed by atoms with Crippen molar-refractivity contribution in [3.05, 3.63) is 18.2 Å². The second kappa shape index (κ2) is 5.15. The van der Waals surface area contributed by atoms with Gasteiger partial charge in [-0.3, -0.25) is 0 Å². The van der Waals surface area contributed by atoms with E-state index in [0.29, 0.717) is 5.92 Å². The van der Waals surface area contributed by atoms with Gasteiger partial charge in [0.1, 0.15) is 0 Å². The maximum absolute atomic E-state index is 6.09. The van der Waals surface area contributed by atoms with Crippen LogP contribution >= 0.6 is 0 Å². The van der Waals surface area contributed by atoms with Gasteiger partial charge in [-0.05, 0) is 12.3 Å². The van der Waals surface area contributed by atoms with E-state index < -0.39 is 0 Å². The van der Waals surface area contributed by atoms with Crippen molar-refractivity contribution in [1.29, 1.82) is 0 Å². The lowest BCUT2D eigenvalue weighted by atomic mass is 10.0. The number of nitrogens with zero attached hydrogens (tertiary/aromatic N) is 2. The minimum atomic E-state index is 0.106. The predicted octanol–water partition coefficient (Wildman–Crippen LogP) is 2.34. The molecule has 2 N–H and O–H groups in total. The van der Waals surface area contributed by atoms with E-state index >= 15 is 0 Å². The quantitative estimate of drug-likeness (QED) is 0.783. The van der Waals surface area contributed by atoms with Crippen LogP contribution in [0.15, 0.2) is 12.5 Å². The highest BCUT2D eigenvalue weighted by atomic mass is 15.1. The zero-order valence-electron chi connectivity index (χ0n) is 9.40. The van der Waals surface area contributed by atoms with Crippen LogP contribution in [0, 0.1) is 5.92 Å². The monoisotopic (exact) mass is 195 g/mol. The van der Waals surface area contributed by atoms with Crippen molar-refractivity contribution in [1.82, 2.24) is 9.55 Å².